The van der Waals surface area contributed by atoms with Crippen molar-refractivity contribution in [2.45, 2.75) is 18.9 Å². The third kappa shape index (κ3) is 2.84. The zero-order valence-corrected chi connectivity index (χ0v) is 15.5. The number of carbonyl (C=O) groups excluding carboxylic acids is 1. The molecule has 5 rings (SSSR count). The van der Waals surface area contributed by atoms with Gasteiger partial charge in [0.05, 0.1) is 11.8 Å². The second-order valence-electron chi connectivity index (χ2n) is 6.89. The fourth-order valence-corrected chi connectivity index (χ4v) is 4.95. The fraction of sp³-hybridized carbons (Fsp3) is 0.182. The van der Waals surface area contributed by atoms with Gasteiger partial charge in [-0.3, -0.25) is 0 Å². The molecule has 0 saturated heterocycles. The molecular formula is C22H19N3OS. The molecule has 4 nitrogen and oxygen atoms in total. The van der Waals surface area contributed by atoms with Gasteiger partial charge in [0.1, 0.15) is 0 Å². The number of fused-ring (bicyclic) bond motifs is 3. The normalized spacial score (nSPS) is 20.6. The molecule has 1 aliphatic heterocycles. The Bertz CT molecular complexity index is 997. The van der Waals surface area contributed by atoms with Gasteiger partial charge >= 0.3 is 6.03 Å². The molecule has 0 radical (unpaired) electrons. The van der Waals surface area contributed by atoms with Gasteiger partial charge in [-0.05, 0) is 42.0 Å². The Balaban J connectivity index is 1.54. The van der Waals surface area contributed by atoms with Crippen molar-refractivity contribution in [2.24, 2.45) is 11.0 Å². The molecule has 2 atom stereocenters. The maximum absolute atomic E-state index is 13.1. The van der Waals surface area contributed by atoms with Gasteiger partial charge in [-0.1, -0.05) is 48.5 Å². The molecule has 1 N–H and O–H groups in total. The number of aryl methyl sites for hydroxylation is 1. The van der Waals surface area contributed by atoms with Gasteiger partial charge < -0.3 is 5.32 Å². The van der Waals surface area contributed by atoms with Gasteiger partial charge in [-0.15, -0.1) is 11.3 Å². The number of nitrogens with zero attached hydrogens (tertiary/aromatic N) is 2. The lowest BCUT2D eigenvalue weighted by Gasteiger charge is -2.28. The molecule has 0 spiro atoms. The summed E-state index contributed by atoms with van der Waals surface area (Å²) >= 11 is 1.69. The number of hydrogen-bond donors (Lipinski definition) is 1. The van der Waals surface area contributed by atoms with Crippen LogP contribution in [0.5, 0.6) is 0 Å². The van der Waals surface area contributed by atoms with Gasteiger partial charge in [0.15, 0.2) is 0 Å². The zero-order valence-electron chi connectivity index (χ0n) is 14.7. The Hall–Kier alpha value is -2.92. The van der Waals surface area contributed by atoms with Crippen LogP contribution in [0.15, 0.2) is 77.2 Å². The van der Waals surface area contributed by atoms with Crippen molar-refractivity contribution < 1.29 is 4.79 Å². The molecule has 1 aromatic heterocycles. The minimum absolute atomic E-state index is 0.0444. The van der Waals surface area contributed by atoms with E-state index >= 15 is 0 Å². The SMILES string of the molecule is O=C(Nc1ccccc1)N1N=C2c3ccccc3CC[C@H]2[C@H]1c1cccs1. The fourth-order valence-electron chi connectivity index (χ4n) is 4.07. The molecule has 27 heavy (non-hydrogen) atoms. The van der Waals surface area contributed by atoms with Crippen molar-refractivity contribution in [1.29, 1.82) is 0 Å². The first-order valence-corrected chi connectivity index (χ1v) is 10.0. The first-order valence-electron chi connectivity index (χ1n) is 9.17. The topological polar surface area (TPSA) is 44.7 Å². The van der Waals surface area contributed by atoms with Crippen LogP contribution >= 0.6 is 11.3 Å². The molecule has 1 aliphatic carbocycles. The van der Waals surface area contributed by atoms with Crippen molar-refractivity contribution in [1.82, 2.24) is 5.01 Å². The van der Waals surface area contributed by atoms with E-state index in [4.69, 9.17) is 5.10 Å². The van der Waals surface area contributed by atoms with E-state index in [9.17, 15) is 4.79 Å². The lowest BCUT2D eigenvalue weighted by Crippen LogP contribution is -2.34. The van der Waals surface area contributed by atoms with Crippen LogP contribution in [0.1, 0.15) is 28.5 Å². The average Bonchev–Trinajstić information content (AvgIpc) is 3.36. The molecule has 0 bridgehead atoms. The highest BCUT2D eigenvalue weighted by Gasteiger charge is 2.44. The van der Waals surface area contributed by atoms with Crippen molar-refractivity contribution >= 4 is 28.8 Å². The van der Waals surface area contributed by atoms with E-state index in [-0.39, 0.29) is 18.0 Å². The molecule has 2 heterocycles. The summed E-state index contributed by atoms with van der Waals surface area (Å²) in [7, 11) is 0. The van der Waals surface area contributed by atoms with E-state index in [0.717, 1.165) is 24.2 Å². The first kappa shape index (κ1) is 16.3. The molecule has 5 heteroatoms. The summed E-state index contributed by atoms with van der Waals surface area (Å²) in [6.07, 6.45) is 2.03. The summed E-state index contributed by atoms with van der Waals surface area (Å²) in [6.45, 7) is 0. The highest BCUT2D eigenvalue weighted by Crippen LogP contribution is 2.44. The van der Waals surface area contributed by atoms with E-state index in [1.54, 1.807) is 16.3 Å². The maximum Gasteiger partial charge on any atom is 0.342 e. The number of hydrogen-bond acceptors (Lipinski definition) is 3. The summed E-state index contributed by atoms with van der Waals surface area (Å²) < 4.78 is 0. The standard InChI is InChI=1S/C22H19N3OS/c26-22(23-16-8-2-1-3-9-16)25-21(19-11-6-14-27-19)18-13-12-15-7-4-5-10-17(15)20(18)24-25/h1-11,14,18,21H,12-13H2,(H,23,26)/t18-,21+/m1/s1. The van der Waals surface area contributed by atoms with E-state index in [0.29, 0.717) is 0 Å². The lowest BCUT2D eigenvalue weighted by atomic mass is 9.79. The Kier molecular flexibility index (Phi) is 4.02. The Morgan fingerprint density at radius 2 is 1.85 bits per heavy atom. The largest absolute Gasteiger partial charge is 0.342 e. The number of amides is 2. The van der Waals surface area contributed by atoms with Crippen molar-refractivity contribution in [3.8, 4) is 0 Å². The van der Waals surface area contributed by atoms with Crippen LogP contribution in [0.3, 0.4) is 0 Å². The predicted octanol–water partition coefficient (Wildman–Crippen LogP) is 5.30. The number of benzene rings is 2. The minimum atomic E-state index is -0.181. The molecule has 0 unspecified atom stereocenters. The Morgan fingerprint density at radius 1 is 1.04 bits per heavy atom. The highest BCUT2D eigenvalue weighted by atomic mass is 32.1. The van der Waals surface area contributed by atoms with Gasteiger partial charge in [0.2, 0.25) is 0 Å². The Labute approximate surface area is 162 Å². The number of carbonyl (C=O) groups is 1. The van der Waals surface area contributed by atoms with Gasteiger partial charge in [-0.2, -0.15) is 5.10 Å². The van der Waals surface area contributed by atoms with Crippen LogP contribution in [0.25, 0.3) is 0 Å². The molecular weight excluding hydrogens is 354 g/mol. The number of nitrogens with one attached hydrogen (secondary N) is 1. The number of hydrazone groups is 1. The van der Waals surface area contributed by atoms with Crippen LogP contribution in [0.4, 0.5) is 10.5 Å². The Morgan fingerprint density at radius 3 is 2.67 bits per heavy atom. The zero-order chi connectivity index (χ0) is 18.2. The number of rotatable bonds is 2. The third-order valence-corrected chi connectivity index (χ3v) is 6.24. The van der Waals surface area contributed by atoms with Crippen LogP contribution in [-0.4, -0.2) is 16.8 Å². The number of thiophene rings is 1. The summed E-state index contributed by atoms with van der Waals surface area (Å²) in [4.78, 5) is 14.3. The molecule has 2 aromatic carbocycles. The molecule has 0 fully saturated rings. The first-order chi connectivity index (χ1) is 13.3. The smallest absolute Gasteiger partial charge is 0.306 e. The lowest BCUT2D eigenvalue weighted by molar-refractivity contribution is 0.189. The molecule has 134 valence electrons. The van der Waals surface area contributed by atoms with Crippen LogP contribution < -0.4 is 5.32 Å². The number of urea groups is 1. The van der Waals surface area contributed by atoms with Crippen LogP contribution in [0, 0.1) is 5.92 Å². The highest BCUT2D eigenvalue weighted by molar-refractivity contribution is 7.10. The van der Waals surface area contributed by atoms with Crippen LogP contribution in [0.2, 0.25) is 0 Å². The summed E-state index contributed by atoms with van der Waals surface area (Å²) in [5.74, 6) is 0.236. The van der Waals surface area contributed by atoms with E-state index < -0.39 is 0 Å². The van der Waals surface area contributed by atoms with E-state index in [1.807, 2.05) is 36.4 Å². The third-order valence-electron chi connectivity index (χ3n) is 5.30. The minimum Gasteiger partial charge on any atom is -0.306 e. The van der Waals surface area contributed by atoms with Crippen LogP contribution in [-0.2, 0) is 6.42 Å². The van der Waals surface area contributed by atoms with E-state index in [1.165, 1.54) is 16.0 Å². The summed E-state index contributed by atoms with van der Waals surface area (Å²) in [6, 6.07) is 21.9. The van der Waals surface area contributed by atoms with Gasteiger partial charge in [0.25, 0.3) is 0 Å². The maximum atomic E-state index is 13.1. The molecule has 2 amide bonds. The molecule has 3 aromatic rings. The van der Waals surface area contributed by atoms with E-state index in [2.05, 4.69) is 41.0 Å². The predicted molar refractivity (Wildman–Crippen MR) is 109 cm³/mol. The van der Waals surface area contributed by atoms with Crippen molar-refractivity contribution in [3.63, 3.8) is 0 Å². The molecule has 2 aliphatic rings. The van der Waals surface area contributed by atoms with Gasteiger partial charge in [0, 0.05) is 22.0 Å². The average molecular weight is 373 g/mol. The number of anilines is 1. The summed E-state index contributed by atoms with van der Waals surface area (Å²) in [5, 5.41) is 11.5. The second kappa shape index (κ2) is 6.67. The quantitative estimate of drug-likeness (QED) is 0.650. The van der Waals surface area contributed by atoms with Crippen molar-refractivity contribution in [3.05, 3.63) is 88.1 Å². The molecule has 0 saturated carbocycles. The second-order valence-corrected chi connectivity index (χ2v) is 7.87. The number of para-hydroxylation sites is 1. The van der Waals surface area contributed by atoms with Gasteiger partial charge in [-0.25, -0.2) is 9.80 Å². The van der Waals surface area contributed by atoms with Crippen molar-refractivity contribution in [2.75, 3.05) is 5.32 Å². The monoisotopic (exact) mass is 373 g/mol. The summed E-state index contributed by atoms with van der Waals surface area (Å²) in [5.41, 5.74) is 4.33.